The highest BCUT2D eigenvalue weighted by molar-refractivity contribution is 7.99. The van der Waals surface area contributed by atoms with Crippen LogP contribution in [0.25, 0.3) is 0 Å². The van der Waals surface area contributed by atoms with Gasteiger partial charge in [0.15, 0.2) is 0 Å². The van der Waals surface area contributed by atoms with Gasteiger partial charge in [0.1, 0.15) is 0 Å². The Balaban J connectivity index is 1.95. The molecule has 0 radical (unpaired) electrons. The molecular formula is C16H25NOS. The summed E-state index contributed by atoms with van der Waals surface area (Å²) in [6.45, 7) is 4.87. The molecule has 1 fully saturated rings. The summed E-state index contributed by atoms with van der Waals surface area (Å²) in [7, 11) is 0. The second kappa shape index (κ2) is 6.78. The molecule has 0 aliphatic carbocycles. The summed E-state index contributed by atoms with van der Waals surface area (Å²) >= 11 is 2.02. The molecule has 1 aliphatic heterocycles. The molecule has 3 heteroatoms. The first kappa shape index (κ1) is 14.9. The Hall–Kier alpha value is -0.510. The van der Waals surface area contributed by atoms with E-state index in [0.29, 0.717) is 11.5 Å². The van der Waals surface area contributed by atoms with Gasteiger partial charge in [0.25, 0.3) is 0 Å². The lowest BCUT2D eigenvalue weighted by atomic mass is 9.81. The Labute approximate surface area is 121 Å². The van der Waals surface area contributed by atoms with Gasteiger partial charge in [0, 0.05) is 17.8 Å². The third-order valence-corrected chi connectivity index (χ3v) is 5.16. The van der Waals surface area contributed by atoms with Crippen LogP contribution >= 0.6 is 11.8 Å². The van der Waals surface area contributed by atoms with Crippen LogP contribution in [-0.2, 0) is 6.42 Å². The number of hydrogen-bond donors (Lipinski definition) is 2. The molecule has 19 heavy (non-hydrogen) atoms. The third kappa shape index (κ3) is 4.23. The highest BCUT2D eigenvalue weighted by Crippen LogP contribution is 2.34. The van der Waals surface area contributed by atoms with E-state index in [4.69, 9.17) is 0 Å². The number of thioether (sulfide) groups is 1. The lowest BCUT2D eigenvalue weighted by Gasteiger charge is -2.40. The smallest absolute Gasteiger partial charge is 0.0587 e. The van der Waals surface area contributed by atoms with E-state index in [1.54, 1.807) is 0 Å². The van der Waals surface area contributed by atoms with Gasteiger partial charge >= 0.3 is 0 Å². The number of aliphatic hydroxyl groups excluding tert-OH is 1. The Kier molecular flexibility index (Phi) is 5.31. The fraction of sp³-hybridized carbons (Fsp3) is 0.625. The molecule has 0 aromatic heterocycles. The summed E-state index contributed by atoms with van der Waals surface area (Å²) < 4.78 is 0. The summed E-state index contributed by atoms with van der Waals surface area (Å²) in [5.41, 5.74) is 1.62. The number of nitrogens with one attached hydrogen (secondary N) is 1. The summed E-state index contributed by atoms with van der Waals surface area (Å²) in [4.78, 5) is 0. The van der Waals surface area contributed by atoms with Crippen LogP contribution in [0.15, 0.2) is 30.3 Å². The van der Waals surface area contributed by atoms with Gasteiger partial charge in [-0.3, -0.25) is 0 Å². The Morgan fingerprint density at radius 3 is 2.74 bits per heavy atom. The fourth-order valence-electron chi connectivity index (χ4n) is 2.57. The van der Waals surface area contributed by atoms with Crippen LogP contribution < -0.4 is 5.32 Å². The molecule has 0 amide bonds. The Bertz CT molecular complexity index is 380. The molecule has 2 rings (SSSR count). The monoisotopic (exact) mass is 279 g/mol. The number of hydrogen-bond acceptors (Lipinski definition) is 3. The highest BCUT2D eigenvalue weighted by atomic mass is 32.2. The van der Waals surface area contributed by atoms with Crippen molar-refractivity contribution in [2.45, 2.75) is 38.8 Å². The molecule has 1 aromatic rings. The van der Waals surface area contributed by atoms with Gasteiger partial charge in [-0.05, 0) is 29.6 Å². The van der Waals surface area contributed by atoms with E-state index in [1.165, 1.54) is 17.7 Å². The van der Waals surface area contributed by atoms with E-state index < -0.39 is 0 Å². The van der Waals surface area contributed by atoms with Crippen molar-refractivity contribution in [1.82, 2.24) is 5.32 Å². The van der Waals surface area contributed by atoms with E-state index >= 15 is 0 Å². The molecule has 1 saturated heterocycles. The minimum Gasteiger partial charge on any atom is -0.395 e. The topological polar surface area (TPSA) is 32.3 Å². The first-order chi connectivity index (χ1) is 9.12. The van der Waals surface area contributed by atoms with Gasteiger partial charge in [-0.2, -0.15) is 11.8 Å². The van der Waals surface area contributed by atoms with Crippen molar-refractivity contribution in [3.63, 3.8) is 0 Å². The number of benzene rings is 1. The maximum Gasteiger partial charge on any atom is 0.0587 e. The molecule has 0 bridgehead atoms. The van der Waals surface area contributed by atoms with Gasteiger partial charge in [-0.25, -0.2) is 0 Å². The minimum absolute atomic E-state index is 0.158. The minimum atomic E-state index is 0.158. The van der Waals surface area contributed by atoms with E-state index in [1.807, 2.05) is 17.8 Å². The van der Waals surface area contributed by atoms with Crippen LogP contribution in [0.4, 0.5) is 0 Å². The van der Waals surface area contributed by atoms with Crippen molar-refractivity contribution in [2.75, 3.05) is 18.1 Å². The first-order valence-corrected chi connectivity index (χ1v) is 8.26. The average molecular weight is 279 g/mol. The molecule has 106 valence electrons. The summed E-state index contributed by atoms with van der Waals surface area (Å²) in [5, 5.41) is 13.3. The molecule has 2 atom stereocenters. The number of rotatable bonds is 5. The predicted octanol–water partition coefficient (Wildman–Crippen LogP) is 2.71. The average Bonchev–Trinajstić information content (AvgIpc) is 2.41. The fourth-order valence-corrected chi connectivity index (χ4v) is 4.19. The molecule has 2 N–H and O–H groups in total. The maximum atomic E-state index is 9.62. The molecule has 2 unspecified atom stereocenters. The molecule has 1 aliphatic rings. The zero-order chi connectivity index (χ0) is 13.7. The van der Waals surface area contributed by atoms with Gasteiger partial charge in [-0.15, -0.1) is 0 Å². The summed E-state index contributed by atoms with van der Waals surface area (Å²) in [6, 6.07) is 11.1. The summed E-state index contributed by atoms with van der Waals surface area (Å²) in [6.07, 6.45) is 2.15. The van der Waals surface area contributed by atoms with Crippen LogP contribution in [0.2, 0.25) is 0 Å². The standard InChI is InChI=1S/C16H25NOS/c1-16(2)8-9-19-12-15(16)17-14(11-18)10-13-6-4-3-5-7-13/h3-7,14-15,17-18H,8-12H2,1-2H3. The van der Waals surface area contributed by atoms with E-state index in [-0.39, 0.29) is 12.6 Å². The van der Waals surface area contributed by atoms with E-state index in [9.17, 15) is 5.11 Å². The van der Waals surface area contributed by atoms with Crippen LogP contribution in [0, 0.1) is 5.41 Å². The van der Waals surface area contributed by atoms with Crippen molar-refractivity contribution in [1.29, 1.82) is 0 Å². The van der Waals surface area contributed by atoms with Gasteiger partial charge in [0.05, 0.1) is 6.61 Å². The predicted molar refractivity (Wildman–Crippen MR) is 83.7 cm³/mol. The van der Waals surface area contributed by atoms with Crippen molar-refractivity contribution < 1.29 is 5.11 Å². The van der Waals surface area contributed by atoms with Crippen molar-refractivity contribution in [3.05, 3.63) is 35.9 Å². The lowest BCUT2D eigenvalue weighted by Crippen LogP contribution is -2.52. The molecule has 0 saturated carbocycles. The quantitative estimate of drug-likeness (QED) is 0.869. The Morgan fingerprint density at radius 1 is 1.37 bits per heavy atom. The van der Waals surface area contributed by atoms with E-state index in [0.717, 1.165) is 12.2 Å². The largest absolute Gasteiger partial charge is 0.395 e. The van der Waals surface area contributed by atoms with Crippen molar-refractivity contribution in [2.24, 2.45) is 5.41 Å². The SMILES string of the molecule is CC1(C)CCSCC1NC(CO)Cc1ccccc1. The maximum absolute atomic E-state index is 9.62. The van der Waals surface area contributed by atoms with E-state index in [2.05, 4.69) is 43.4 Å². The highest BCUT2D eigenvalue weighted by Gasteiger charge is 2.33. The second-order valence-electron chi connectivity index (χ2n) is 6.10. The van der Waals surface area contributed by atoms with Crippen LogP contribution in [0.3, 0.4) is 0 Å². The van der Waals surface area contributed by atoms with Crippen LogP contribution in [0.1, 0.15) is 25.8 Å². The molecule has 1 heterocycles. The normalized spacial score (nSPS) is 24.1. The first-order valence-electron chi connectivity index (χ1n) is 7.10. The third-order valence-electron chi connectivity index (χ3n) is 4.10. The van der Waals surface area contributed by atoms with Gasteiger partial charge < -0.3 is 10.4 Å². The molecule has 0 spiro atoms. The van der Waals surface area contributed by atoms with Gasteiger partial charge in [0.2, 0.25) is 0 Å². The number of aliphatic hydroxyl groups is 1. The molecular weight excluding hydrogens is 254 g/mol. The zero-order valence-corrected chi connectivity index (χ0v) is 12.7. The van der Waals surface area contributed by atoms with Gasteiger partial charge in [-0.1, -0.05) is 44.2 Å². The lowest BCUT2D eigenvalue weighted by molar-refractivity contribution is 0.182. The molecule has 1 aromatic carbocycles. The van der Waals surface area contributed by atoms with Crippen molar-refractivity contribution in [3.8, 4) is 0 Å². The second-order valence-corrected chi connectivity index (χ2v) is 7.25. The Morgan fingerprint density at radius 2 is 2.11 bits per heavy atom. The van der Waals surface area contributed by atoms with Crippen LogP contribution in [0.5, 0.6) is 0 Å². The van der Waals surface area contributed by atoms with Crippen molar-refractivity contribution >= 4 is 11.8 Å². The zero-order valence-electron chi connectivity index (χ0n) is 11.9. The van der Waals surface area contributed by atoms with Crippen LogP contribution in [-0.4, -0.2) is 35.3 Å². The molecule has 2 nitrogen and oxygen atoms in total. The summed E-state index contributed by atoms with van der Waals surface area (Å²) in [5.74, 6) is 2.41.